The van der Waals surface area contributed by atoms with E-state index in [0.29, 0.717) is 11.3 Å². The van der Waals surface area contributed by atoms with Gasteiger partial charge in [-0.3, -0.25) is 0 Å². The Labute approximate surface area is 143 Å². The zero-order valence-corrected chi connectivity index (χ0v) is 15.4. The Bertz CT molecular complexity index is 789. The summed E-state index contributed by atoms with van der Waals surface area (Å²) >= 11 is 2.85. The number of hydrogen-bond donors (Lipinski definition) is 0. The van der Waals surface area contributed by atoms with Crippen molar-refractivity contribution in [1.82, 2.24) is 4.98 Å². The van der Waals surface area contributed by atoms with Crippen molar-refractivity contribution in [2.24, 2.45) is 0 Å². The number of carbonyl (C=O) groups excluding carboxylic acids is 1. The van der Waals surface area contributed by atoms with E-state index < -0.39 is 21.9 Å². The number of hydrogen-bond acceptors (Lipinski definition) is 8. The number of nitrogens with zero attached hydrogens (tertiary/aromatic N) is 2. The van der Waals surface area contributed by atoms with Gasteiger partial charge in [0.1, 0.15) is 15.8 Å². The van der Waals surface area contributed by atoms with Crippen molar-refractivity contribution >= 4 is 53.1 Å². The second-order valence-electron chi connectivity index (χ2n) is 5.38. The first kappa shape index (κ1) is 16.7. The van der Waals surface area contributed by atoms with E-state index in [9.17, 15) is 13.2 Å². The number of rotatable bonds is 5. The topological polar surface area (TPSA) is 76.6 Å². The van der Waals surface area contributed by atoms with Gasteiger partial charge in [-0.1, -0.05) is 11.3 Å². The molecular weight excluding hydrogens is 356 g/mol. The van der Waals surface area contributed by atoms with Gasteiger partial charge in [0.15, 0.2) is 15.0 Å². The summed E-state index contributed by atoms with van der Waals surface area (Å²) < 4.78 is 29.1. The molecule has 1 saturated heterocycles. The summed E-state index contributed by atoms with van der Waals surface area (Å²) in [5.41, 5.74) is 0. The highest BCUT2D eigenvalue weighted by Gasteiger charge is 2.31. The van der Waals surface area contributed by atoms with E-state index in [4.69, 9.17) is 4.74 Å². The molecule has 0 amide bonds. The van der Waals surface area contributed by atoms with Crippen LogP contribution in [0.25, 0.3) is 9.53 Å². The van der Waals surface area contributed by atoms with Crippen molar-refractivity contribution in [3.8, 4) is 0 Å². The Kier molecular flexibility index (Phi) is 4.61. The lowest BCUT2D eigenvalue weighted by Gasteiger charge is -2.16. The molecule has 0 aliphatic carbocycles. The second-order valence-corrected chi connectivity index (χ2v) is 9.65. The number of fused-ring (bicyclic) bond motifs is 1. The Morgan fingerprint density at radius 3 is 2.70 bits per heavy atom. The second kappa shape index (κ2) is 6.37. The van der Waals surface area contributed by atoms with Crippen molar-refractivity contribution in [2.75, 3.05) is 29.5 Å². The first-order chi connectivity index (χ1) is 10.9. The van der Waals surface area contributed by atoms with Crippen LogP contribution in [0.1, 0.15) is 29.9 Å². The summed E-state index contributed by atoms with van der Waals surface area (Å²) in [5, 5.41) is 0.957. The number of anilines is 1. The Morgan fingerprint density at radius 2 is 2.13 bits per heavy atom. The molecule has 126 valence electrons. The van der Waals surface area contributed by atoms with Gasteiger partial charge in [0.2, 0.25) is 0 Å². The monoisotopic (exact) mass is 374 g/mol. The molecule has 6 nitrogen and oxygen atoms in total. The summed E-state index contributed by atoms with van der Waals surface area (Å²) in [6, 6.07) is 1.79. The van der Waals surface area contributed by atoms with E-state index in [1.54, 1.807) is 17.4 Å². The molecule has 0 N–H and O–H groups in total. The fourth-order valence-corrected chi connectivity index (χ4v) is 6.33. The SMILES string of the molecule is CCN(CC)c1nc2sc(C(=O)O[C@@H]3CCS(=O)(=O)C3)cc2s1. The number of carbonyl (C=O) groups is 1. The van der Waals surface area contributed by atoms with Gasteiger partial charge < -0.3 is 9.64 Å². The fourth-order valence-electron chi connectivity index (χ4n) is 2.52. The molecule has 1 aliphatic rings. The highest BCUT2D eigenvalue weighted by atomic mass is 32.2. The maximum Gasteiger partial charge on any atom is 0.348 e. The number of esters is 1. The summed E-state index contributed by atoms with van der Waals surface area (Å²) in [4.78, 5) is 20.2. The van der Waals surface area contributed by atoms with E-state index in [0.717, 1.165) is 27.8 Å². The minimum Gasteiger partial charge on any atom is -0.457 e. The smallest absolute Gasteiger partial charge is 0.348 e. The molecule has 0 bridgehead atoms. The van der Waals surface area contributed by atoms with E-state index in [2.05, 4.69) is 23.7 Å². The Morgan fingerprint density at radius 1 is 1.39 bits per heavy atom. The third-order valence-corrected chi connectivity index (χ3v) is 7.72. The van der Waals surface area contributed by atoms with Crippen LogP contribution in [0.4, 0.5) is 5.13 Å². The molecular formula is C14H18N2O4S3. The van der Waals surface area contributed by atoms with Gasteiger partial charge in [0.05, 0.1) is 16.2 Å². The average Bonchev–Trinajstić information content (AvgIpc) is 3.13. The van der Waals surface area contributed by atoms with E-state index in [1.807, 2.05) is 0 Å². The van der Waals surface area contributed by atoms with Crippen molar-refractivity contribution in [3.05, 3.63) is 10.9 Å². The summed E-state index contributed by atoms with van der Waals surface area (Å²) in [6.07, 6.45) is -0.134. The molecule has 3 rings (SSSR count). The normalized spacial score (nSPS) is 20.0. The molecule has 23 heavy (non-hydrogen) atoms. The third kappa shape index (κ3) is 3.51. The Balaban J connectivity index is 1.73. The number of aromatic nitrogens is 1. The lowest BCUT2D eigenvalue weighted by Crippen LogP contribution is -2.21. The van der Waals surface area contributed by atoms with Crippen LogP contribution in [-0.4, -0.2) is 50.1 Å². The van der Waals surface area contributed by atoms with Crippen LogP contribution in [0.15, 0.2) is 6.07 Å². The molecule has 2 aromatic rings. The highest BCUT2D eigenvalue weighted by molar-refractivity contribution is 7.91. The van der Waals surface area contributed by atoms with Crippen molar-refractivity contribution in [2.45, 2.75) is 26.4 Å². The first-order valence-corrected chi connectivity index (χ1v) is 10.9. The average molecular weight is 375 g/mol. The lowest BCUT2D eigenvalue weighted by atomic mass is 10.3. The van der Waals surface area contributed by atoms with Crippen LogP contribution < -0.4 is 4.90 Å². The number of ether oxygens (including phenoxy) is 1. The van der Waals surface area contributed by atoms with Gasteiger partial charge >= 0.3 is 5.97 Å². The van der Waals surface area contributed by atoms with Crippen LogP contribution in [0.5, 0.6) is 0 Å². The molecule has 1 atom stereocenters. The van der Waals surface area contributed by atoms with E-state index in [1.165, 1.54) is 11.3 Å². The third-order valence-electron chi connectivity index (χ3n) is 3.78. The highest BCUT2D eigenvalue weighted by Crippen LogP contribution is 2.35. The van der Waals surface area contributed by atoms with Crippen LogP contribution in [-0.2, 0) is 14.6 Å². The predicted molar refractivity (Wildman–Crippen MR) is 93.5 cm³/mol. The Hall–Kier alpha value is -1.19. The molecule has 1 aliphatic heterocycles. The quantitative estimate of drug-likeness (QED) is 0.749. The predicted octanol–water partition coefficient (Wildman–Crippen LogP) is 2.55. The van der Waals surface area contributed by atoms with Crippen molar-refractivity contribution in [1.29, 1.82) is 0 Å². The van der Waals surface area contributed by atoms with Crippen molar-refractivity contribution in [3.63, 3.8) is 0 Å². The van der Waals surface area contributed by atoms with Gasteiger partial charge in [-0.25, -0.2) is 18.2 Å². The summed E-state index contributed by atoms with van der Waals surface area (Å²) in [7, 11) is -3.05. The van der Waals surface area contributed by atoms with Gasteiger partial charge in [-0.15, -0.1) is 11.3 Å². The standard InChI is InChI=1S/C14H18N2O4S3/c1-3-16(4-2)14-15-12-10(22-14)7-11(21-12)13(17)20-9-5-6-23(18,19)8-9/h7,9H,3-6,8H2,1-2H3/t9-/m1/s1. The zero-order valence-electron chi connectivity index (χ0n) is 12.9. The maximum atomic E-state index is 12.2. The van der Waals surface area contributed by atoms with E-state index >= 15 is 0 Å². The molecule has 3 heterocycles. The minimum absolute atomic E-state index is 0.0666. The molecule has 2 aromatic heterocycles. The largest absolute Gasteiger partial charge is 0.457 e. The van der Waals surface area contributed by atoms with Crippen LogP contribution >= 0.6 is 22.7 Å². The van der Waals surface area contributed by atoms with Gasteiger partial charge in [-0.05, 0) is 26.3 Å². The van der Waals surface area contributed by atoms with Gasteiger partial charge in [0, 0.05) is 13.1 Å². The summed E-state index contributed by atoms with van der Waals surface area (Å²) in [6.45, 7) is 5.94. The van der Waals surface area contributed by atoms with Gasteiger partial charge in [-0.2, -0.15) is 0 Å². The zero-order chi connectivity index (χ0) is 16.6. The number of thiophene rings is 1. The maximum absolute atomic E-state index is 12.2. The van der Waals surface area contributed by atoms with Crippen LogP contribution in [0, 0.1) is 0 Å². The number of thiazole rings is 1. The van der Waals surface area contributed by atoms with Crippen LogP contribution in [0.2, 0.25) is 0 Å². The molecule has 9 heteroatoms. The molecule has 0 radical (unpaired) electrons. The summed E-state index contributed by atoms with van der Waals surface area (Å²) in [5.74, 6) is -0.422. The molecule has 0 saturated carbocycles. The van der Waals surface area contributed by atoms with Crippen LogP contribution in [0.3, 0.4) is 0 Å². The molecule has 0 aromatic carbocycles. The van der Waals surface area contributed by atoms with Gasteiger partial charge in [0.25, 0.3) is 0 Å². The number of sulfone groups is 1. The molecule has 0 unspecified atom stereocenters. The lowest BCUT2D eigenvalue weighted by molar-refractivity contribution is 0.0362. The molecule has 1 fully saturated rings. The van der Waals surface area contributed by atoms with E-state index in [-0.39, 0.29) is 11.5 Å². The van der Waals surface area contributed by atoms with Crippen molar-refractivity contribution < 1.29 is 17.9 Å². The minimum atomic E-state index is -3.05. The first-order valence-electron chi connectivity index (χ1n) is 7.48. The fraction of sp³-hybridized carbons (Fsp3) is 0.571. The molecule has 0 spiro atoms.